The van der Waals surface area contributed by atoms with Crippen LogP contribution in [0.3, 0.4) is 0 Å². The summed E-state index contributed by atoms with van der Waals surface area (Å²) in [4.78, 5) is 63.2. The number of rotatable bonds is 11. The van der Waals surface area contributed by atoms with Crippen LogP contribution in [-0.2, 0) is 30.5 Å². The first kappa shape index (κ1) is 28.1. The molecule has 1 saturated heterocycles. The predicted molar refractivity (Wildman–Crippen MR) is 119 cm³/mol. The van der Waals surface area contributed by atoms with E-state index in [0.717, 1.165) is 10.5 Å². The summed E-state index contributed by atoms with van der Waals surface area (Å²) in [5.74, 6) is -13.7. The first-order valence-electron chi connectivity index (χ1n) is 11.1. The number of benzene rings is 2. The highest BCUT2D eigenvalue weighted by atomic mass is 19.2. The standard InChI is InChI=1S/C24H21F4N3O7/c25-14-6-15(26)23(28)24(22(14)27)38-12-17(32)16(7-21(36)37)29-18(33)9-31-11-19(34)30(10-20(31)35)8-13-4-2-1-3-5-13/h1-6,16H,7-12H2,(H,29,33)(H,36,37)/t16-/m0/s1. The second-order valence-electron chi connectivity index (χ2n) is 8.26. The zero-order chi connectivity index (χ0) is 28.0. The van der Waals surface area contributed by atoms with E-state index in [-0.39, 0.29) is 19.2 Å². The molecule has 1 aliphatic rings. The highest BCUT2D eigenvalue weighted by molar-refractivity contribution is 5.97. The van der Waals surface area contributed by atoms with E-state index >= 15 is 0 Å². The molecule has 0 radical (unpaired) electrons. The number of ether oxygens (including phenoxy) is 1. The minimum absolute atomic E-state index is 0.0691. The minimum atomic E-state index is -1.91. The van der Waals surface area contributed by atoms with Gasteiger partial charge in [0, 0.05) is 12.6 Å². The molecule has 2 aromatic carbocycles. The number of ketones is 1. The molecule has 0 unspecified atom stereocenters. The van der Waals surface area contributed by atoms with Crippen molar-refractivity contribution in [3.63, 3.8) is 0 Å². The topological polar surface area (TPSA) is 133 Å². The van der Waals surface area contributed by atoms with E-state index in [1.807, 2.05) is 0 Å². The molecule has 1 heterocycles. The number of nitrogens with zero attached hydrogens (tertiary/aromatic N) is 2. The van der Waals surface area contributed by atoms with E-state index in [2.05, 4.69) is 10.1 Å². The normalized spacial score (nSPS) is 14.3. The van der Waals surface area contributed by atoms with Crippen molar-refractivity contribution >= 4 is 29.5 Å². The number of hydrogen-bond donors (Lipinski definition) is 2. The molecular formula is C24H21F4N3O7. The van der Waals surface area contributed by atoms with Gasteiger partial charge in [-0.3, -0.25) is 24.0 Å². The summed E-state index contributed by atoms with van der Waals surface area (Å²) in [6.07, 6.45) is -0.978. The van der Waals surface area contributed by atoms with Gasteiger partial charge in [-0.05, 0) is 5.56 Å². The molecule has 0 bridgehead atoms. The van der Waals surface area contributed by atoms with Crippen molar-refractivity contribution in [3.05, 3.63) is 65.2 Å². The molecule has 0 spiro atoms. The van der Waals surface area contributed by atoms with Gasteiger partial charge in [-0.15, -0.1) is 0 Å². The molecule has 1 aliphatic heterocycles. The van der Waals surface area contributed by atoms with E-state index < -0.39 is 90.7 Å². The van der Waals surface area contributed by atoms with Gasteiger partial charge in [0.2, 0.25) is 29.4 Å². The van der Waals surface area contributed by atoms with Crippen LogP contribution in [0.25, 0.3) is 0 Å². The Morgan fingerprint density at radius 2 is 1.53 bits per heavy atom. The Morgan fingerprint density at radius 1 is 0.947 bits per heavy atom. The summed E-state index contributed by atoms with van der Waals surface area (Å²) in [6, 6.07) is 7.02. The highest BCUT2D eigenvalue weighted by Crippen LogP contribution is 2.26. The number of carbonyl (C=O) groups excluding carboxylic acids is 4. The number of hydrogen-bond acceptors (Lipinski definition) is 6. The lowest BCUT2D eigenvalue weighted by Gasteiger charge is -2.33. The number of Topliss-reactive ketones (excluding diaryl/α,β-unsaturated/α-hetero) is 1. The van der Waals surface area contributed by atoms with Gasteiger partial charge in [-0.2, -0.15) is 8.78 Å². The predicted octanol–water partition coefficient (Wildman–Crippen LogP) is 1.02. The molecule has 14 heteroatoms. The Kier molecular flexibility index (Phi) is 8.99. The molecule has 10 nitrogen and oxygen atoms in total. The van der Waals surface area contributed by atoms with Crippen LogP contribution in [0.2, 0.25) is 0 Å². The van der Waals surface area contributed by atoms with Gasteiger partial charge < -0.3 is 25.0 Å². The maximum absolute atomic E-state index is 13.7. The Hall–Kier alpha value is -4.49. The van der Waals surface area contributed by atoms with E-state index in [4.69, 9.17) is 5.11 Å². The molecule has 38 heavy (non-hydrogen) atoms. The SMILES string of the molecule is O=C(O)C[C@H](NC(=O)CN1CC(=O)N(Cc2ccccc2)CC1=O)C(=O)COc1c(F)c(F)cc(F)c1F. The lowest BCUT2D eigenvalue weighted by Crippen LogP contribution is -2.56. The first-order chi connectivity index (χ1) is 18.0. The van der Waals surface area contributed by atoms with Gasteiger partial charge in [0.15, 0.2) is 23.2 Å². The molecule has 1 atom stereocenters. The summed E-state index contributed by atoms with van der Waals surface area (Å²) in [7, 11) is 0. The number of carboxylic acids is 1. The number of carbonyl (C=O) groups is 5. The smallest absolute Gasteiger partial charge is 0.305 e. The number of aliphatic carboxylic acids is 1. The quantitative estimate of drug-likeness (QED) is 0.322. The summed E-state index contributed by atoms with van der Waals surface area (Å²) in [5.41, 5.74) is 0.790. The number of halogens is 4. The average Bonchev–Trinajstić information content (AvgIpc) is 2.85. The third-order valence-corrected chi connectivity index (χ3v) is 5.44. The van der Waals surface area contributed by atoms with Crippen molar-refractivity contribution in [1.82, 2.24) is 15.1 Å². The van der Waals surface area contributed by atoms with Gasteiger partial charge in [-0.25, -0.2) is 8.78 Å². The van der Waals surface area contributed by atoms with Gasteiger partial charge in [0.25, 0.3) is 0 Å². The van der Waals surface area contributed by atoms with Crippen molar-refractivity contribution in [1.29, 1.82) is 0 Å². The molecule has 202 valence electrons. The number of amides is 3. The van der Waals surface area contributed by atoms with Crippen molar-refractivity contribution in [2.24, 2.45) is 0 Å². The van der Waals surface area contributed by atoms with Crippen molar-refractivity contribution in [2.45, 2.75) is 19.0 Å². The Labute approximate surface area is 212 Å². The molecule has 0 saturated carbocycles. The first-order valence-corrected chi connectivity index (χ1v) is 11.1. The monoisotopic (exact) mass is 539 g/mol. The average molecular weight is 539 g/mol. The molecule has 3 rings (SSSR count). The van der Waals surface area contributed by atoms with Crippen LogP contribution in [0.15, 0.2) is 36.4 Å². The molecular weight excluding hydrogens is 518 g/mol. The fourth-order valence-electron chi connectivity index (χ4n) is 3.55. The number of nitrogens with one attached hydrogen (secondary N) is 1. The van der Waals surface area contributed by atoms with Crippen LogP contribution in [0.1, 0.15) is 12.0 Å². The Morgan fingerprint density at radius 3 is 2.13 bits per heavy atom. The maximum atomic E-state index is 13.7. The molecule has 2 N–H and O–H groups in total. The minimum Gasteiger partial charge on any atom is -0.481 e. The third kappa shape index (κ3) is 7.05. The molecule has 1 fully saturated rings. The fraction of sp³-hybridized carbons (Fsp3) is 0.292. The lowest BCUT2D eigenvalue weighted by atomic mass is 10.1. The van der Waals surface area contributed by atoms with Crippen molar-refractivity contribution in [3.8, 4) is 5.75 Å². The number of piperazine rings is 1. The van der Waals surface area contributed by atoms with E-state index in [0.29, 0.717) is 0 Å². The van der Waals surface area contributed by atoms with Gasteiger partial charge in [0.1, 0.15) is 32.3 Å². The second kappa shape index (κ2) is 12.2. The molecule has 0 aromatic heterocycles. The molecule has 2 aromatic rings. The molecule has 3 amide bonds. The zero-order valence-electron chi connectivity index (χ0n) is 19.6. The third-order valence-electron chi connectivity index (χ3n) is 5.44. The summed E-state index contributed by atoms with van der Waals surface area (Å²) in [6.45, 7) is -2.51. The lowest BCUT2D eigenvalue weighted by molar-refractivity contribution is -0.152. The Bertz CT molecular complexity index is 1230. The van der Waals surface area contributed by atoms with Crippen molar-refractivity contribution < 1.29 is 51.4 Å². The Balaban J connectivity index is 1.60. The largest absolute Gasteiger partial charge is 0.481 e. The second-order valence-corrected chi connectivity index (χ2v) is 8.26. The van der Waals surface area contributed by atoms with Gasteiger partial charge in [0.05, 0.1) is 6.42 Å². The van der Waals surface area contributed by atoms with Crippen LogP contribution in [0, 0.1) is 23.3 Å². The summed E-state index contributed by atoms with van der Waals surface area (Å²) < 4.78 is 58.7. The van der Waals surface area contributed by atoms with Crippen LogP contribution < -0.4 is 10.1 Å². The summed E-state index contributed by atoms with van der Waals surface area (Å²) in [5, 5.41) is 11.1. The van der Waals surface area contributed by atoms with Crippen molar-refractivity contribution in [2.75, 3.05) is 26.2 Å². The zero-order valence-corrected chi connectivity index (χ0v) is 19.6. The van der Waals surface area contributed by atoms with Gasteiger partial charge in [-0.1, -0.05) is 30.3 Å². The van der Waals surface area contributed by atoms with E-state index in [1.54, 1.807) is 30.3 Å². The maximum Gasteiger partial charge on any atom is 0.305 e. The van der Waals surface area contributed by atoms with Crippen LogP contribution >= 0.6 is 0 Å². The highest BCUT2D eigenvalue weighted by Gasteiger charge is 2.32. The van der Waals surface area contributed by atoms with Crippen LogP contribution in [-0.4, -0.2) is 76.7 Å². The fourth-order valence-corrected chi connectivity index (χ4v) is 3.55. The molecule has 0 aliphatic carbocycles. The van der Waals surface area contributed by atoms with Crippen LogP contribution in [0.5, 0.6) is 5.75 Å². The van der Waals surface area contributed by atoms with E-state index in [9.17, 15) is 41.5 Å². The van der Waals surface area contributed by atoms with Crippen LogP contribution in [0.4, 0.5) is 17.6 Å². The number of carboxylic acid groups (broad SMARTS) is 1. The van der Waals surface area contributed by atoms with Gasteiger partial charge >= 0.3 is 5.97 Å². The van der Waals surface area contributed by atoms with E-state index in [1.165, 1.54) is 4.90 Å². The summed E-state index contributed by atoms with van der Waals surface area (Å²) >= 11 is 0.